The number of pyridine rings is 1. The first-order valence-corrected chi connectivity index (χ1v) is 9.10. The van der Waals surface area contributed by atoms with Crippen molar-refractivity contribution in [3.63, 3.8) is 0 Å². The third kappa shape index (κ3) is 3.67. The van der Waals surface area contributed by atoms with E-state index in [9.17, 15) is 4.79 Å². The minimum absolute atomic E-state index is 0.000859. The Hall–Kier alpha value is -3.02. The summed E-state index contributed by atoms with van der Waals surface area (Å²) in [6.45, 7) is 0. The van der Waals surface area contributed by atoms with Gasteiger partial charge < -0.3 is 5.73 Å². The maximum absolute atomic E-state index is 11.2. The Morgan fingerprint density at radius 2 is 1.79 bits per heavy atom. The number of hydrogen-bond acceptors (Lipinski definition) is 4. The highest BCUT2D eigenvalue weighted by Gasteiger charge is 2.13. The number of aromatic nitrogens is 3. The van der Waals surface area contributed by atoms with E-state index in [0.717, 1.165) is 22.2 Å². The van der Waals surface area contributed by atoms with E-state index in [1.807, 2.05) is 54.6 Å². The summed E-state index contributed by atoms with van der Waals surface area (Å²) < 4.78 is 0. The van der Waals surface area contributed by atoms with E-state index < -0.39 is 5.91 Å². The number of benzene rings is 2. The molecule has 2 heterocycles. The van der Waals surface area contributed by atoms with Gasteiger partial charge in [0.25, 0.3) is 5.91 Å². The van der Waals surface area contributed by atoms with Crippen LogP contribution in [0.2, 0.25) is 10.2 Å². The van der Waals surface area contributed by atoms with Crippen molar-refractivity contribution in [1.29, 1.82) is 0 Å². The van der Waals surface area contributed by atoms with Crippen LogP contribution < -0.4 is 5.73 Å². The molecule has 0 bridgehead atoms. The summed E-state index contributed by atoms with van der Waals surface area (Å²) in [6.07, 6.45) is 2.97. The molecule has 0 fully saturated rings. The van der Waals surface area contributed by atoms with Gasteiger partial charge in [-0.25, -0.2) is 9.97 Å². The van der Waals surface area contributed by atoms with Gasteiger partial charge in [0, 0.05) is 22.4 Å². The topological polar surface area (TPSA) is 81.8 Å². The van der Waals surface area contributed by atoms with Gasteiger partial charge in [0.05, 0.1) is 23.1 Å². The van der Waals surface area contributed by atoms with Crippen LogP contribution in [-0.4, -0.2) is 20.9 Å². The van der Waals surface area contributed by atoms with Crippen LogP contribution in [0.3, 0.4) is 0 Å². The molecule has 137 valence electrons. The number of fused-ring (bicyclic) bond motifs is 1. The van der Waals surface area contributed by atoms with Crippen LogP contribution in [0.15, 0.2) is 60.8 Å². The van der Waals surface area contributed by atoms with Gasteiger partial charge in [0.15, 0.2) is 5.15 Å². The van der Waals surface area contributed by atoms with Crippen molar-refractivity contribution in [3.8, 4) is 11.3 Å². The van der Waals surface area contributed by atoms with Crippen molar-refractivity contribution < 1.29 is 4.79 Å². The molecule has 2 aromatic carbocycles. The van der Waals surface area contributed by atoms with Gasteiger partial charge in [0.1, 0.15) is 5.69 Å². The molecule has 0 spiro atoms. The van der Waals surface area contributed by atoms with Crippen molar-refractivity contribution in [2.75, 3.05) is 0 Å². The zero-order valence-corrected chi connectivity index (χ0v) is 15.9. The highest BCUT2D eigenvalue weighted by molar-refractivity contribution is 6.32. The molecule has 7 heteroatoms. The van der Waals surface area contributed by atoms with E-state index in [-0.39, 0.29) is 10.8 Å². The van der Waals surface area contributed by atoms with Crippen LogP contribution in [0, 0.1) is 6.42 Å². The van der Waals surface area contributed by atoms with Crippen LogP contribution in [0.4, 0.5) is 0 Å². The molecule has 1 amide bonds. The Labute approximate surface area is 171 Å². The summed E-state index contributed by atoms with van der Waals surface area (Å²) in [7, 11) is 0. The number of hydrogen-bond donors (Lipinski definition) is 1. The largest absolute Gasteiger partial charge is 0.364 e. The molecule has 5 nitrogen and oxygen atoms in total. The number of carbonyl (C=O) groups excluding carboxylic acids is 1. The Kier molecular flexibility index (Phi) is 4.94. The number of nitrogens with two attached hydrogens (primary N) is 1. The predicted octanol–water partition coefficient (Wildman–Crippen LogP) is 4.70. The minimum atomic E-state index is -0.692. The summed E-state index contributed by atoms with van der Waals surface area (Å²) in [5, 5.41) is 1.51. The van der Waals surface area contributed by atoms with Crippen LogP contribution in [0.5, 0.6) is 0 Å². The molecule has 1 radical (unpaired) electrons. The van der Waals surface area contributed by atoms with Gasteiger partial charge in [-0.2, -0.15) is 0 Å². The molecule has 0 saturated heterocycles. The molecule has 0 aliphatic rings. The number of amides is 1. The van der Waals surface area contributed by atoms with Gasteiger partial charge in [-0.05, 0) is 23.8 Å². The first-order chi connectivity index (χ1) is 13.5. The zero-order valence-electron chi connectivity index (χ0n) is 14.4. The molecule has 4 aromatic rings. The molecule has 28 heavy (non-hydrogen) atoms. The highest BCUT2D eigenvalue weighted by atomic mass is 35.5. The predicted molar refractivity (Wildman–Crippen MR) is 110 cm³/mol. The van der Waals surface area contributed by atoms with E-state index in [1.54, 1.807) is 6.42 Å². The van der Waals surface area contributed by atoms with Gasteiger partial charge in [-0.3, -0.25) is 9.78 Å². The average Bonchev–Trinajstić information content (AvgIpc) is 2.70. The molecule has 0 unspecified atom stereocenters. The van der Waals surface area contributed by atoms with Gasteiger partial charge in [-0.1, -0.05) is 59.6 Å². The van der Waals surface area contributed by atoms with E-state index in [0.29, 0.717) is 16.3 Å². The maximum atomic E-state index is 11.2. The highest BCUT2D eigenvalue weighted by Crippen LogP contribution is 2.29. The molecule has 0 atom stereocenters. The third-order valence-corrected chi connectivity index (χ3v) is 4.78. The summed E-state index contributed by atoms with van der Waals surface area (Å²) in [5.74, 6) is -0.692. The van der Waals surface area contributed by atoms with Gasteiger partial charge in [0.2, 0.25) is 0 Å². The molecule has 0 aliphatic heterocycles. The second kappa shape index (κ2) is 7.54. The standard InChI is InChI=1S/C21H13Cl2N4O/c22-15-8-13-6-7-16(12-4-2-1-3-5-12)26-17(13)9-14(15)10-18-20(23)27-19(11-25-18)21(24)28/h1-11H,(H2,24,28). The van der Waals surface area contributed by atoms with E-state index in [1.165, 1.54) is 6.20 Å². The minimum Gasteiger partial charge on any atom is -0.364 e. The van der Waals surface area contributed by atoms with Crippen LogP contribution in [0.1, 0.15) is 21.7 Å². The molecule has 0 aliphatic carbocycles. The maximum Gasteiger partial charge on any atom is 0.268 e. The van der Waals surface area contributed by atoms with E-state index >= 15 is 0 Å². The number of primary amides is 1. The first kappa shape index (κ1) is 18.3. The Balaban J connectivity index is 1.73. The lowest BCUT2D eigenvalue weighted by Gasteiger charge is -2.09. The molecule has 4 rings (SSSR count). The summed E-state index contributed by atoms with van der Waals surface area (Å²) in [4.78, 5) is 24.0. The van der Waals surface area contributed by atoms with Crippen molar-refractivity contribution in [2.45, 2.75) is 0 Å². The molecule has 2 aromatic heterocycles. The average molecular weight is 408 g/mol. The third-order valence-electron chi connectivity index (χ3n) is 4.18. The van der Waals surface area contributed by atoms with E-state index in [4.69, 9.17) is 33.9 Å². The Bertz CT molecular complexity index is 1200. The second-order valence-electron chi connectivity index (χ2n) is 6.07. The van der Waals surface area contributed by atoms with Crippen LogP contribution in [0.25, 0.3) is 22.2 Å². The Morgan fingerprint density at radius 3 is 2.50 bits per heavy atom. The smallest absolute Gasteiger partial charge is 0.268 e. The SMILES string of the molecule is NC(=O)c1cnc([CH]c2cc3nc(-c4ccccc4)ccc3cc2Cl)c(Cl)n1. The number of carbonyl (C=O) groups is 1. The lowest BCUT2D eigenvalue weighted by atomic mass is 10.1. The number of rotatable bonds is 4. The lowest BCUT2D eigenvalue weighted by molar-refractivity contribution is 0.0995. The van der Waals surface area contributed by atoms with Crippen LogP contribution >= 0.6 is 23.2 Å². The number of nitrogens with zero attached hydrogens (tertiary/aromatic N) is 3. The molecular formula is C21H13Cl2N4O. The van der Waals surface area contributed by atoms with Crippen molar-refractivity contribution in [3.05, 3.63) is 94.3 Å². The number of halogens is 2. The summed E-state index contributed by atoms with van der Waals surface area (Å²) >= 11 is 12.5. The lowest BCUT2D eigenvalue weighted by Crippen LogP contribution is -2.14. The first-order valence-electron chi connectivity index (χ1n) is 8.34. The molecule has 2 N–H and O–H groups in total. The van der Waals surface area contributed by atoms with Crippen LogP contribution in [-0.2, 0) is 0 Å². The van der Waals surface area contributed by atoms with Gasteiger partial charge in [-0.15, -0.1) is 0 Å². The van der Waals surface area contributed by atoms with E-state index in [2.05, 4.69) is 9.97 Å². The fourth-order valence-electron chi connectivity index (χ4n) is 2.78. The zero-order chi connectivity index (χ0) is 19.7. The Morgan fingerprint density at radius 1 is 1.00 bits per heavy atom. The quantitative estimate of drug-likeness (QED) is 0.531. The van der Waals surface area contributed by atoms with Crippen molar-refractivity contribution >= 4 is 40.0 Å². The van der Waals surface area contributed by atoms with Crippen molar-refractivity contribution in [1.82, 2.24) is 15.0 Å². The fraction of sp³-hybridized carbons (Fsp3) is 0. The summed E-state index contributed by atoms with van der Waals surface area (Å²) in [5.41, 5.74) is 8.95. The normalized spacial score (nSPS) is 10.9. The van der Waals surface area contributed by atoms with Crippen molar-refractivity contribution in [2.24, 2.45) is 5.73 Å². The monoisotopic (exact) mass is 407 g/mol. The molecular weight excluding hydrogens is 395 g/mol. The fourth-order valence-corrected chi connectivity index (χ4v) is 3.20. The van der Waals surface area contributed by atoms with Gasteiger partial charge >= 0.3 is 0 Å². The summed E-state index contributed by atoms with van der Waals surface area (Å²) in [6, 6.07) is 17.6. The molecule has 0 saturated carbocycles. The second-order valence-corrected chi connectivity index (χ2v) is 6.83.